The smallest absolute Gasteiger partial charge is 0.268 e. The molecule has 0 spiro atoms. The maximum Gasteiger partial charge on any atom is 0.268 e. The molecule has 4 heteroatoms. The second kappa shape index (κ2) is 3.77. The van der Waals surface area contributed by atoms with Crippen molar-refractivity contribution in [2.24, 2.45) is 11.8 Å². The third-order valence-electron chi connectivity index (χ3n) is 3.78. The summed E-state index contributed by atoms with van der Waals surface area (Å²) in [7, 11) is 0. The van der Waals surface area contributed by atoms with Gasteiger partial charge in [0, 0.05) is 5.92 Å². The summed E-state index contributed by atoms with van der Waals surface area (Å²) in [6.45, 7) is 2.01. The second-order valence-electron chi connectivity index (χ2n) is 4.84. The highest BCUT2D eigenvalue weighted by molar-refractivity contribution is 6.29. The molecule has 0 saturated heterocycles. The number of fused-ring (bicyclic) bond motifs is 1. The lowest BCUT2D eigenvalue weighted by molar-refractivity contribution is -0.127. The molecule has 1 aromatic rings. The Hall–Kier alpha value is -1.97. The van der Waals surface area contributed by atoms with Crippen LogP contribution in [0.15, 0.2) is 24.3 Å². The van der Waals surface area contributed by atoms with Crippen LogP contribution in [0.25, 0.3) is 0 Å². The number of benzene rings is 1. The molecule has 18 heavy (non-hydrogen) atoms. The maximum atomic E-state index is 12.2. The van der Waals surface area contributed by atoms with Crippen molar-refractivity contribution in [2.45, 2.75) is 19.8 Å². The summed E-state index contributed by atoms with van der Waals surface area (Å²) < 4.78 is 0. The molecule has 0 aromatic heterocycles. The third-order valence-corrected chi connectivity index (χ3v) is 3.78. The molecule has 1 heterocycles. The third kappa shape index (κ3) is 1.41. The number of imide groups is 3. The monoisotopic (exact) mass is 243 g/mol. The van der Waals surface area contributed by atoms with Crippen LogP contribution in [-0.2, 0) is 4.79 Å². The van der Waals surface area contributed by atoms with Gasteiger partial charge < -0.3 is 0 Å². The number of amides is 3. The van der Waals surface area contributed by atoms with Crippen LogP contribution in [0.5, 0.6) is 0 Å². The molecule has 0 N–H and O–H groups in total. The zero-order valence-electron chi connectivity index (χ0n) is 10.1. The first kappa shape index (κ1) is 11.1. The Morgan fingerprint density at radius 1 is 1.22 bits per heavy atom. The molecule has 4 nitrogen and oxygen atoms in total. The summed E-state index contributed by atoms with van der Waals surface area (Å²) in [5, 5.41) is 0. The summed E-state index contributed by atoms with van der Waals surface area (Å²) in [5.74, 6) is -1.07. The summed E-state index contributed by atoms with van der Waals surface area (Å²) in [4.78, 5) is 37.1. The number of carbonyl (C=O) groups excluding carboxylic acids is 3. The molecule has 1 aliphatic heterocycles. The van der Waals surface area contributed by atoms with E-state index in [1.165, 1.54) is 0 Å². The number of nitrogens with zero attached hydrogens (tertiary/aromatic N) is 1. The Morgan fingerprint density at radius 2 is 1.78 bits per heavy atom. The van der Waals surface area contributed by atoms with E-state index in [-0.39, 0.29) is 11.8 Å². The predicted octanol–water partition coefficient (Wildman–Crippen LogP) is 1.86. The van der Waals surface area contributed by atoms with Gasteiger partial charge >= 0.3 is 0 Å². The fourth-order valence-corrected chi connectivity index (χ4v) is 2.56. The minimum atomic E-state index is -0.470. The van der Waals surface area contributed by atoms with E-state index in [9.17, 15) is 14.4 Å². The van der Waals surface area contributed by atoms with Gasteiger partial charge in [0.15, 0.2) is 0 Å². The topological polar surface area (TPSA) is 54.5 Å². The number of hydrogen-bond donors (Lipinski definition) is 0. The molecule has 3 amide bonds. The number of rotatable bonds is 2. The molecule has 1 fully saturated rings. The summed E-state index contributed by atoms with van der Waals surface area (Å²) in [6, 6.07) is 6.58. The van der Waals surface area contributed by atoms with E-state index < -0.39 is 11.8 Å². The Balaban J connectivity index is 1.91. The number of hydrogen-bond acceptors (Lipinski definition) is 3. The van der Waals surface area contributed by atoms with Gasteiger partial charge in [0.05, 0.1) is 11.1 Å². The van der Waals surface area contributed by atoms with Gasteiger partial charge in [-0.1, -0.05) is 25.5 Å². The Morgan fingerprint density at radius 3 is 2.22 bits per heavy atom. The first-order valence-corrected chi connectivity index (χ1v) is 6.16. The fraction of sp³-hybridized carbons (Fsp3) is 0.357. The maximum absolute atomic E-state index is 12.2. The Bertz CT molecular complexity index is 529. The number of carbonyl (C=O) groups is 3. The molecule has 2 unspecified atom stereocenters. The van der Waals surface area contributed by atoms with E-state index in [0.29, 0.717) is 17.0 Å². The molecule has 0 radical (unpaired) electrons. The first-order valence-electron chi connectivity index (χ1n) is 6.16. The van der Waals surface area contributed by atoms with Crippen molar-refractivity contribution in [1.29, 1.82) is 0 Å². The average Bonchev–Trinajstić information content (AvgIpc) is 3.13. The van der Waals surface area contributed by atoms with Crippen LogP contribution >= 0.6 is 0 Å². The van der Waals surface area contributed by atoms with E-state index in [1.54, 1.807) is 24.3 Å². The van der Waals surface area contributed by atoms with Crippen molar-refractivity contribution < 1.29 is 14.4 Å². The van der Waals surface area contributed by atoms with E-state index in [4.69, 9.17) is 0 Å². The van der Waals surface area contributed by atoms with E-state index in [2.05, 4.69) is 0 Å². The van der Waals surface area contributed by atoms with Crippen molar-refractivity contribution in [2.75, 3.05) is 0 Å². The quantitative estimate of drug-likeness (QED) is 0.745. The van der Waals surface area contributed by atoms with Gasteiger partial charge in [-0.3, -0.25) is 14.4 Å². The predicted molar refractivity (Wildman–Crippen MR) is 63.8 cm³/mol. The van der Waals surface area contributed by atoms with Gasteiger partial charge in [-0.05, 0) is 24.5 Å². The lowest BCUT2D eigenvalue weighted by Crippen LogP contribution is -2.37. The lowest BCUT2D eigenvalue weighted by Gasteiger charge is -2.11. The van der Waals surface area contributed by atoms with Crippen LogP contribution in [0.1, 0.15) is 40.5 Å². The van der Waals surface area contributed by atoms with Crippen molar-refractivity contribution in [3.05, 3.63) is 35.4 Å². The van der Waals surface area contributed by atoms with Crippen LogP contribution in [-0.4, -0.2) is 22.6 Å². The molecule has 2 aliphatic rings. The molecular weight excluding hydrogens is 230 g/mol. The molecule has 92 valence electrons. The van der Waals surface area contributed by atoms with Crippen LogP contribution in [0.3, 0.4) is 0 Å². The van der Waals surface area contributed by atoms with E-state index in [1.807, 2.05) is 6.92 Å². The van der Waals surface area contributed by atoms with Crippen molar-refractivity contribution >= 4 is 17.7 Å². The van der Waals surface area contributed by atoms with Gasteiger partial charge in [-0.25, -0.2) is 4.90 Å². The second-order valence-corrected chi connectivity index (χ2v) is 4.84. The van der Waals surface area contributed by atoms with Crippen molar-refractivity contribution in [3.63, 3.8) is 0 Å². The molecule has 1 aliphatic carbocycles. The van der Waals surface area contributed by atoms with Gasteiger partial charge in [0.2, 0.25) is 5.91 Å². The van der Waals surface area contributed by atoms with E-state index in [0.717, 1.165) is 17.7 Å². The van der Waals surface area contributed by atoms with Gasteiger partial charge in [-0.15, -0.1) is 0 Å². The van der Waals surface area contributed by atoms with Crippen LogP contribution in [0.4, 0.5) is 0 Å². The van der Waals surface area contributed by atoms with Crippen molar-refractivity contribution in [1.82, 2.24) is 4.90 Å². The van der Waals surface area contributed by atoms with Crippen molar-refractivity contribution in [3.8, 4) is 0 Å². The summed E-state index contributed by atoms with van der Waals surface area (Å²) >= 11 is 0. The molecule has 1 aromatic carbocycles. The largest absolute Gasteiger partial charge is 0.274 e. The summed E-state index contributed by atoms with van der Waals surface area (Å²) in [5.41, 5.74) is 0.675. The zero-order chi connectivity index (χ0) is 12.9. The molecule has 3 rings (SSSR count). The standard InChI is InChI=1S/C14H13NO3/c1-2-8-7-11(8)14(18)15-12(16)9-5-3-4-6-10(9)13(15)17/h3-6,8,11H,2,7H2,1H3. The van der Waals surface area contributed by atoms with Crippen LogP contribution < -0.4 is 0 Å². The van der Waals surface area contributed by atoms with Gasteiger partial charge in [-0.2, -0.15) is 0 Å². The summed E-state index contributed by atoms with van der Waals surface area (Å²) in [6.07, 6.45) is 1.71. The molecular formula is C14H13NO3. The SMILES string of the molecule is CCC1CC1C(=O)N1C(=O)c2ccccc2C1=O. The first-order chi connectivity index (χ1) is 8.65. The highest BCUT2D eigenvalue weighted by atomic mass is 16.2. The Kier molecular flexibility index (Phi) is 2.33. The van der Waals surface area contributed by atoms with Crippen LogP contribution in [0.2, 0.25) is 0 Å². The fourth-order valence-electron chi connectivity index (χ4n) is 2.56. The van der Waals surface area contributed by atoms with Gasteiger partial charge in [0.25, 0.3) is 11.8 Å². The average molecular weight is 243 g/mol. The highest BCUT2D eigenvalue weighted by Crippen LogP contribution is 2.43. The molecule has 1 saturated carbocycles. The molecule has 0 bridgehead atoms. The highest BCUT2D eigenvalue weighted by Gasteiger charge is 2.49. The molecule has 2 atom stereocenters. The minimum Gasteiger partial charge on any atom is -0.274 e. The zero-order valence-corrected chi connectivity index (χ0v) is 10.1. The van der Waals surface area contributed by atoms with Gasteiger partial charge in [0.1, 0.15) is 0 Å². The minimum absolute atomic E-state index is 0.141. The lowest BCUT2D eigenvalue weighted by atomic mass is 10.1. The van der Waals surface area contributed by atoms with E-state index >= 15 is 0 Å². The normalized spacial score (nSPS) is 25.3. The van der Waals surface area contributed by atoms with Crippen LogP contribution in [0, 0.1) is 11.8 Å². The Labute approximate surface area is 105 Å².